The van der Waals surface area contributed by atoms with Crippen LogP contribution in [0.15, 0.2) is 54.6 Å². The third-order valence-corrected chi connectivity index (χ3v) is 3.02. The number of aromatic nitrogens is 1. The van der Waals surface area contributed by atoms with Crippen molar-refractivity contribution >= 4 is 29.1 Å². The van der Waals surface area contributed by atoms with Gasteiger partial charge < -0.3 is 10.3 Å². The fourth-order valence-electron chi connectivity index (χ4n) is 2.23. The van der Waals surface area contributed by atoms with Gasteiger partial charge in [0, 0.05) is 23.5 Å². The number of hydrogen-bond acceptors (Lipinski definition) is 1. The first-order chi connectivity index (χ1) is 8.40. The number of para-hydroxylation sites is 1. The Hall–Kier alpha value is -1.93. The number of fused-ring (bicyclic) bond motifs is 1. The molecule has 0 saturated heterocycles. The molecule has 0 bridgehead atoms. The monoisotopic (exact) mass is 258 g/mol. The molecule has 0 aliphatic rings. The molecule has 0 amide bonds. The molecule has 0 atom stereocenters. The van der Waals surface area contributed by atoms with E-state index in [4.69, 9.17) is 0 Å². The maximum Gasteiger partial charge on any atom is 0.112 e. The predicted molar refractivity (Wildman–Crippen MR) is 80.5 cm³/mol. The molecule has 0 spiro atoms. The maximum absolute atomic E-state index is 3.40. The van der Waals surface area contributed by atoms with Crippen molar-refractivity contribution in [1.29, 1.82) is 0 Å². The van der Waals surface area contributed by atoms with Crippen LogP contribution in [0.5, 0.6) is 0 Å². The third kappa shape index (κ3) is 1.95. The Kier molecular flexibility index (Phi) is 3.58. The van der Waals surface area contributed by atoms with E-state index in [0.29, 0.717) is 0 Å². The van der Waals surface area contributed by atoms with Crippen molar-refractivity contribution in [2.75, 3.05) is 12.4 Å². The fraction of sp³-hybridized carbons (Fsp3) is 0.0667. The zero-order valence-electron chi connectivity index (χ0n) is 10.1. The number of aromatic amines is 1. The van der Waals surface area contributed by atoms with E-state index in [2.05, 4.69) is 52.8 Å². The SMILES string of the molecule is CNc1[nH]c2ccccc2c1-c1ccccc1.Cl. The van der Waals surface area contributed by atoms with Crippen LogP contribution >= 0.6 is 12.4 Å². The first kappa shape index (κ1) is 12.5. The van der Waals surface area contributed by atoms with Gasteiger partial charge in [-0.25, -0.2) is 0 Å². The Morgan fingerprint density at radius 1 is 0.889 bits per heavy atom. The summed E-state index contributed by atoms with van der Waals surface area (Å²) in [6, 6.07) is 18.8. The average molecular weight is 259 g/mol. The van der Waals surface area contributed by atoms with Crippen molar-refractivity contribution in [3.63, 3.8) is 0 Å². The van der Waals surface area contributed by atoms with Crippen LogP contribution in [-0.4, -0.2) is 12.0 Å². The Morgan fingerprint density at radius 3 is 2.28 bits per heavy atom. The minimum Gasteiger partial charge on any atom is -0.374 e. The zero-order chi connectivity index (χ0) is 11.7. The van der Waals surface area contributed by atoms with Gasteiger partial charge in [0.25, 0.3) is 0 Å². The molecule has 0 fully saturated rings. The van der Waals surface area contributed by atoms with Gasteiger partial charge in [-0.2, -0.15) is 0 Å². The van der Waals surface area contributed by atoms with Gasteiger partial charge >= 0.3 is 0 Å². The van der Waals surface area contributed by atoms with Gasteiger partial charge in [0.1, 0.15) is 5.82 Å². The molecular formula is C15H15ClN2. The van der Waals surface area contributed by atoms with Crippen LogP contribution in [0.1, 0.15) is 0 Å². The topological polar surface area (TPSA) is 27.8 Å². The smallest absolute Gasteiger partial charge is 0.112 e. The van der Waals surface area contributed by atoms with Crippen molar-refractivity contribution in [2.45, 2.75) is 0 Å². The summed E-state index contributed by atoms with van der Waals surface area (Å²) >= 11 is 0. The van der Waals surface area contributed by atoms with Gasteiger partial charge in [0.15, 0.2) is 0 Å². The highest BCUT2D eigenvalue weighted by Gasteiger charge is 2.11. The Morgan fingerprint density at radius 2 is 1.56 bits per heavy atom. The molecule has 18 heavy (non-hydrogen) atoms. The van der Waals surface area contributed by atoms with E-state index in [1.54, 1.807) is 0 Å². The van der Waals surface area contributed by atoms with Crippen LogP contribution in [0.4, 0.5) is 5.82 Å². The Balaban J connectivity index is 0.00000120. The second-order valence-electron chi connectivity index (χ2n) is 4.04. The van der Waals surface area contributed by atoms with E-state index >= 15 is 0 Å². The maximum atomic E-state index is 3.40. The lowest BCUT2D eigenvalue weighted by Crippen LogP contribution is -1.89. The van der Waals surface area contributed by atoms with Crippen molar-refractivity contribution in [3.05, 3.63) is 54.6 Å². The lowest BCUT2D eigenvalue weighted by molar-refractivity contribution is 1.38. The summed E-state index contributed by atoms with van der Waals surface area (Å²) in [6.07, 6.45) is 0. The normalized spacial score (nSPS) is 10.1. The standard InChI is InChI=1S/C15H14N2.ClH/c1-16-15-14(11-7-3-2-4-8-11)12-9-5-6-10-13(12)17-15;/h2-10,16-17H,1H3;1H. The van der Waals surface area contributed by atoms with Crippen molar-refractivity contribution in [3.8, 4) is 11.1 Å². The van der Waals surface area contributed by atoms with E-state index < -0.39 is 0 Å². The largest absolute Gasteiger partial charge is 0.374 e. The molecule has 1 heterocycles. The lowest BCUT2D eigenvalue weighted by Gasteiger charge is -2.03. The van der Waals surface area contributed by atoms with Gasteiger partial charge in [0.05, 0.1) is 0 Å². The molecule has 2 aromatic carbocycles. The van der Waals surface area contributed by atoms with E-state index in [-0.39, 0.29) is 12.4 Å². The number of halogens is 1. The molecular weight excluding hydrogens is 244 g/mol. The number of hydrogen-bond donors (Lipinski definition) is 2. The van der Waals surface area contributed by atoms with Crippen LogP contribution in [0.2, 0.25) is 0 Å². The molecule has 3 rings (SSSR count). The summed E-state index contributed by atoms with van der Waals surface area (Å²) in [5.41, 5.74) is 3.63. The van der Waals surface area contributed by atoms with Crippen LogP contribution in [-0.2, 0) is 0 Å². The molecule has 0 unspecified atom stereocenters. The van der Waals surface area contributed by atoms with Crippen molar-refractivity contribution in [1.82, 2.24) is 4.98 Å². The number of H-pyrrole nitrogens is 1. The van der Waals surface area contributed by atoms with Crippen LogP contribution < -0.4 is 5.32 Å². The van der Waals surface area contributed by atoms with Gasteiger partial charge in [0.2, 0.25) is 0 Å². The van der Waals surface area contributed by atoms with E-state index in [9.17, 15) is 0 Å². The Bertz CT molecular complexity index is 644. The van der Waals surface area contributed by atoms with Gasteiger partial charge in [-0.15, -0.1) is 12.4 Å². The number of anilines is 1. The van der Waals surface area contributed by atoms with Crippen molar-refractivity contribution < 1.29 is 0 Å². The minimum absolute atomic E-state index is 0. The number of rotatable bonds is 2. The Labute approximate surface area is 112 Å². The van der Waals surface area contributed by atoms with Crippen LogP contribution in [0.25, 0.3) is 22.0 Å². The molecule has 2 nitrogen and oxygen atoms in total. The van der Waals surface area contributed by atoms with E-state index in [0.717, 1.165) is 11.3 Å². The summed E-state index contributed by atoms with van der Waals surface area (Å²) in [4.78, 5) is 3.40. The molecule has 0 saturated carbocycles. The molecule has 0 aliphatic carbocycles. The molecule has 3 aromatic rings. The average Bonchev–Trinajstić information content (AvgIpc) is 2.78. The summed E-state index contributed by atoms with van der Waals surface area (Å²) in [5, 5.41) is 4.48. The quantitative estimate of drug-likeness (QED) is 0.705. The van der Waals surface area contributed by atoms with Crippen LogP contribution in [0, 0.1) is 0 Å². The molecule has 2 N–H and O–H groups in total. The first-order valence-electron chi connectivity index (χ1n) is 5.74. The number of benzene rings is 2. The molecule has 0 aliphatic heterocycles. The number of nitrogens with one attached hydrogen (secondary N) is 2. The minimum atomic E-state index is 0. The highest BCUT2D eigenvalue weighted by Crippen LogP contribution is 2.35. The van der Waals surface area contributed by atoms with Crippen molar-refractivity contribution in [2.24, 2.45) is 0 Å². The van der Waals surface area contributed by atoms with Gasteiger partial charge in [-0.05, 0) is 11.6 Å². The predicted octanol–water partition coefficient (Wildman–Crippen LogP) is 4.30. The second kappa shape index (κ2) is 5.15. The third-order valence-electron chi connectivity index (χ3n) is 3.02. The molecule has 3 heteroatoms. The summed E-state index contributed by atoms with van der Waals surface area (Å²) < 4.78 is 0. The second-order valence-corrected chi connectivity index (χ2v) is 4.04. The lowest BCUT2D eigenvalue weighted by atomic mass is 10.0. The van der Waals surface area contributed by atoms with E-state index in [1.807, 2.05) is 19.2 Å². The van der Waals surface area contributed by atoms with Gasteiger partial charge in [-0.3, -0.25) is 0 Å². The molecule has 1 aromatic heterocycles. The fourth-order valence-corrected chi connectivity index (χ4v) is 2.23. The summed E-state index contributed by atoms with van der Waals surface area (Å²) in [7, 11) is 1.94. The van der Waals surface area contributed by atoms with Crippen LogP contribution in [0.3, 0.4) is 0 Å². The summed E-state index contributed by atoms with van der Waals surface area (Å²) in [5.74, 6) is 1.07. The highest BCUT2D eigenvalue weighted by molar-refractivity contribution is 6.02. The molecule has 92 valence electrons. The van der Waals surface area contributed by atoms with E-state index in [1.165, 1.54) is 16.5 Å². The zero-order valence-corrected chi connectivity index (χ0v) is 10.9. The molecule has 0 radical (unpaired) electrons. The van der Waals surface area contributed by atoms with Gasteiger partial charge in [-0.1, -0.05) is 48.5 Å². The first-order valence-corrected chi connectivity index (χ1v) is 5.74. The highest BCUT2D eigenvalue weighted by atomic mass is 35.5. The summed E-state index contributed by atoms with van der Waals surface area (Å²) in [6.45, 7) is 0.